The Balaban J connectivity index is 2.47. The molecule has 1 fully saturated rings. The average molecular weight is 383 g/mol. The van der Waals surface area contributed by atoms with Crippen LogP contribution in [0.25, 0.3) is 0 Å². The number of piperidine rings is 1. The van der Waals surface area contributed by atoms with Crippen LogP contribution in [0.15, 0.2) is 21.6 Å². The van der Waals surface area contributed by atoms with E-state index in [0.717, 1.165) is 10.7 Å². The summed E-state index contributed by atoms with van der Waals surface area (Å²) in [4.78, 5) is 15.1. The predicted molar refractivity (Wildman–Crippen MR) is 77.7 cm³/mol. The van der Waals surface area contributed by atoms with E-state index < -0.39 is 22.0 Å². The van der Waals surface area contributed by atoms with Gasteiger partial charge in [0.15, 0.2) is 0 Å². The molecule has 1 aliphatic rings. The number of hydrogen-bond donors (Lipinski definition) is 1. The quantitative estimate of drug-likeness (QED) is 0.802. The lowest BCUT2D eigenvalue weighted by molar-refractivity contribution is -0.122. The first kappa shape index (κ1) is 15.7. The number of carbonyl (C=O) groups is 1. The summed E-state index contributed by atoms with van der Waals surface area (Å²) >= 11 is 9.03. The Morgan fingerprint density at radius 2 is 2.20 bits per heavy atom. The van der Waals surface area contributed by atoms with E-state index in [-0.39, 0.29) is 16.6 Å². The third-order valence-corrected chi connectivity index (χ3v) is 5.91. The summed E-state index contributed by atoms with van der Waals surface area (Å²) in [5, 5.41) is -0.123. The van der Waals surface area contributed by atoms with Crippen molar-refractivity contribution in [2.24, 2.45) is 5.73 Å². The van der Waals surface area contributed by atoms with Crippen LogP contribution in [0.5, 0.6) is 0 Å². The molecule has 9 heteroatoms. The fourth-order valence-corrected chi connectivity index (χ4v) is 4.77. The SMILES string of the molecule is NC(=O)C1CCCCN1S(=O)(=O)c1cc(Br)cnc1Cl. The molecule has 2 rings (SSSR count). The molecule has 0 aromatic carbocycles. The van der Waals surface area contributed by atoms with Crippen molar-refractivity contribution in [1.82, 2.24) is 9.29 Å². The number of carbonyl (C=O) groups excluding carboxylic acids is 1. The number of halogens is 2. The van der Waals surface area contributed by atoms with Gasteiger partial charge in [0.05, 0.1) is 0 Å². The summed E-state index contributed by atoms with van der Waals surface area (Å²) < 4.78 is 26.9. The Labute approximate surface area is 130 Å². The number of primary amides is 1. The molecule has 0 aliphatic carbocycles. The highest BCUT2D eigenvalue weighted by molar-refractivity contribution is 9.10. The van der Waals surface area contributed by atoms with Crippen molar-refractivity contribution < 1.29 is 13.2 Å². The van der Waals surface area contributed by atoms with E-state index >= 15 is 0 Å². The number of sulfonamides is 1. The zero-order valence-corrected chi connectivity index (χ0v) is 13.6. The first-order chi connectivity index (χ1) is 9.34. The molecule has 20 heavy (non-hydrogen) atoms. The lowest BCUT2D eigenvalue weighted by Gasteiger charge is -2.32. The van der Waals surface area contributed by atoms with Crippen molar-refractivity contribution >= 4 is 43.5 Å². The predicted octanol–water partition coefficient (Wildman–Crippen LogP) is 1.53. The van der Waals surface area contributed by atoms with Gasteiger partial charge >= 0.3 is 0 Å². The van der Waals surface area contributed by atoms with Gasteiger partial charge in [-0.3, -0.25) is 4.79 Å². The Bertz CT molecular complexity index is 638. The number of rotatable bonds is 3. The fourth-order valence-electron chi connectivity index (χ4n) is 2.19. The zero-order chi connectivity index (χ0) is 14.9. The summed E-state index contributed by atoms with van der Waals surface area (Å²) in [5.41, 5.74) is 5.30. The number of aromatic nitrogens is 1. The lowest BCUT2D eigenvalue weighted by Crippen LogP contribution is -2.50. The number of pyridine rings is 1. The van der Waals surface area contributed by atoms with E-state index in [1.807, 2.05) is 0 Å². The van der Waals surface area contributed by atoms with Crippen molar-refractivity contribution in [3.63, 3.8) is 0 Å². The third-order valence-electron chi connectivity index (χ3n) is 3.14. The van der Waals surface area contributed by atoms with Crippen LogP contribution in [0.2, 0.25) is 5.15 Å². The van der Waals surface area contributed by atoms with Crippen molar-refractivity contribution in [2.75, 3.05) is 6.54 Å². The van der Waals surface area contributed by atoms with E-state index in [1.54, 1.807) is 0 Å². The highest BCUT2D eigenvalue weighted by atomic mass is 79.9. The molecule has 2 heterocycles. The smallest absolute Gasteiger partial charge is 0.246 e. The van der Waals surface area contributed by atoms with E-state index in [2.05, 4.69) is 20.9 Å². The van der Waals surface area contributed by atoms with Crippen molar-refractivity contribution in [3.05, 3.63) is 21.9 Å². The molecule has 110 valence electrons. The molecule has 0 radical (unpaired) electrons. The summed E-state index contributed by atoms with van der Waals surface area (Å²) in [5.74, 6) is -0.646. The van der Waals surface area contributed by atoms with Crippen molar-refractivity contribution in [2.45, 2.75) is 30.2 Å². The summed E-state index contributed by atoms with van der Waals surface area (Å²) in [7, 11) is -3.90. The molecule has 1 unspecified atom stereocenters. The molecule has 1 saturated heterocycles. The van der Waals surface area contributed by atoms with Gasteiger partial charge in [-0.1, -0.05) is 18.0 Å². The molecular formula is C11H13BrClN3O3S. The Morgan fingerprint density at radius 3 is 2.85 bits per heavy atom. The zero-order valence-electron chi connectivity index (χ0n) is 10.4. The molecule has 0 spiro atoms. The van der Waals surface area contributed by atoms with E-state index in [9.17, 15) is 13.2 Å². The van der Waals surface area contributed by atoms with Crippen molar-refractivity contribution in [3.8, 4) is 0 Å². The van der Waals surface area contributed by atoms with Crippen LogP contribution < -0.4 is 5.73 Å². The maximum Gasteiger partial charge on any atom is 0.246 e. The number of amides is 1. The van der Waals surface area contributed by atoms with Crippen molar-refractivity contribution in [1.29, 1.82) is 0 Å². The average Bonchev–Trinajstić information content (AvgIpc) is 2.41. The third kappa shape index (κ3) is 2.98. The van der Waals surface area contributed by atoms with Gasteiger partial charge in [-0.05, 0) is 34.8 Å². The lowest BCUT2D eigenvalue weighted by atomic mass is 10.0. The van der Waals surface area contributed by atoms with E-state index in [4.69, 9.17) is 17.3 Å². The van der Waals surface area contributed by atoms with Gasteiger partial charge in [0.1, 0.15) is 16.1 Å². The Morgan fingerprint density at radius 1 is 1.50 bits per heavy atom. The molecule has 1 aromatic heterocycles. The number of nitrogens with zero attached hydrogens (tertiary/aromatic N) is 2. The molecule has 0 bridgehead atoms. The van der Waals surface area contributed by atoms with Gasteiger partial charge in [-0.15, -0.1) is 0 Å². The molecule has 1 aromatic rings. The molecule has 1 amide bonds. The molecule has 0 saturated carbocycles. The Kier molecular flexibility index (Phi) is 4.68. The van der Waals surface area contributed by atoms with Crippen LogP contribution in [-0.4, -0.2) is 36.2 Å². The van der Waals surface area contributed by atoms with Crippen LogP contribution in [0, 0.1) is 0 Å². The van der Waals surface area contributed by atoms with Crippen LogP contribution >= 0.6 is 27.5 Å². The van der Waals surface area contributed by atoms with Crippen LogP contribution in [0.4, 0.5) is 0 Å². The minimum Gasteiger partial charge on any atom is -0.368 e. The molecule has 2 N–H and O–H groups in total. The highest BCUT2D eigenvalue weighted by Crippen LogP contribution is 2.30. The number of nitrogens with two attached hydrogens (primary N) is 1. The number of hydrogen-bond acceptors (Lipinski definition) is 4. The fraction of sp³-hybridized carbons (Fsp3) is 0.455. The second kappa shape index (κ2) is 5.97. The maximum atomic E-state index is 12.6. The summed E-state index contributed by atoms with van der Waals surface area (Å²) in [6, 6.07) is 0.543. The maximum absolute atomic E-state index is 12.6. The van der Waals surface area contributed by atoms with E-state index in [1.165, 1.54) is 12.3 Å². The van der Waals surface area contributed by atoms with Gasteiger partial charge in [0, 0.05) is 17.2 Å². The minimum absolute atomic E-state index is 0.123. The van der Waals surface area contributed by atoms with Gasteiger partial charge in [0.25, 0.3) is 0 Å². The molecule has 1 aliphatic heterocycles. The highest BCUT2D eigenvalue weighted by Gasteiger charge is 2.37. The minimum atomic E-state index is -3.90. The summed E-state index contributed by atoms with van der Waals surface area (Å²) in [6.07, 6.45) is 3.28. The Hall–Kier alpha value is -0.700. The van der Waals surface area contributed by atoms with Gasteiger partial charge in [-0.25, -0.2) is 13.4 Å². The molecule has 6 nitrogen and oxygen atoms in total. The van der Waals surface area contributed by atoms with Crippen LogP contribution in [0.1, 0.15) is 19.3 Å². The largest absolute Gasteiger partial charge is 0.368 e. The molecule has 1 atom stereocenters. The van der Waals surface area contributed by atoms with Crippen LogP contribution in [-0.2, 0) is 14.8 Å². The summed E-state index contributed by atoms with van der Waals surface area (Å²) in [6.45, 7) is 0.249. The normalized spacial score (nSPS) is 20.8. The second-order valence-electron chi connectivity index (χ2n) is 4.47. The van der Waals surface area contributed by atoms with Gasteiger partial charge < -0.3 is 5.73 Å². The van der Waals surface area contributed by atoms with Gasteiger partial charge in [-0.2, -0.15) is 4.31 Å². The molecular weight excluding hydrogens is 370 g/mol. The van der Waals surface area contributed by atoms with Gasteiger partial charge in [0.2, 0.25) is 15.9 Å². The van der Waals surface area contributed by atoms with Crippen LogP contribution in [0.3, 0.4) is 0 Å². The van der Waals surface area contributed by atoms with E-state index in [0.29, 0.717) is 17.3 Å². The first-order valence-electron chi connectivity index (χ1n) is 5.96. The topological polar surface area (TPSA) is 93.4 Å². The standard InChI is InChI=1S/C11H13BrClN3O3S/c12-7-5-9(10(13)15-6-7)20(18,19)16-4-2-1-3-8(16)11(14)17/h5-6,8H,1-4H2,(H2,14,17). The monoisotopic (exact) mass is 381 g/mol. The first-order valence-corrected chi connectivity index (χ1v) is 8.57. The second-order valence-corrected chi connectivity index (χ2v) is 7.60.